The number of amides is 3. The van der Waals surface area contributed by atoms with Gasteiger partial charge in [-0.25, -0.2) is 4.79 Å². The van der Waals surface area contributed by atoms with Gasteiger partial charge < -0.3 is 20.3 Å². The number of carbonyl (C=O) groups excluding carboxylic acids is 4. The highest BCUT2D eigenvalue weighted by atomic mass is 32.2. The molecule has 0 aromatic carbocycles. The maximum atomic E-state index is 13.8. The minimum Gasteiger partial charge on any atom is -0.464 e. The van der Waals surface area contributed by atoms with E-state index in [0.717, 1.165) is 25.8 Å². The number of esters is 1. The smallest absolute Gasteiger partial charge is 0.328 e. The third kappa shape index (κ3) is 10.7. The number of piperidine rings is 1. The zero-order valence-electron chi connectivity index (χ0n) is 26.4. The Kier molecular flexibility index (Phi) is 15.9. The number of nitrogens with one attached hydrogen (secondary N) is 2. The molecular formula is C30H54N4O5S. The van der Waals surface area contributed by atoms with E-state index in [1.807, 2.05) is 34.0 Å². The van der Waals surface area contributed by atoms with Crippen molar-refractivity contribution in [1.29, 1.82) is 0 Å². The summed E-state index contributed by atoms with van der Waals surface area (Å²) in [5.41, 5.74) is 0.414. The Morgan fingerprint density at radius 1 is 1.05 bits per heavy atom. The predicted octanol–water partition coefficient (Wildman–Crippen LogP) is 3.62. The number of rotatable bonds is 15. The summed E-state index contributed by atoms with van der Waals surface area (Å²) in [6, 6.07) is -1.78. The Bertz CT molecular complexity index is 876. The molecule has 1 saturated heterocycles. The van der Waals surface area contributed by atoms with Crippen LogP contribution in [0.4, 0.5) is 0 Å². The van der Waals surface area contributed by atoms with Crippen LogP contribution in [0.25, 0.3) is 0 Å². The maximum absolute atomic E-state index is 13.8. The molecule has 10 heteroatoms. The highest BCUT2D eigenvalue weighted by Crippen LogP contribution is 2.21. The summed E-state index contributed by atoms with van der Waals surface area (Å²) in [7, 11) is 1.72. The minimum atomic E-state index is -0.731. The van der Waals surface area contributed by atoms with E-state index < -0.39 is 18.1 Å². The molecule has 4 atom stereocenters. The van der Waals surface area contributed by atoms with Crippen molar-refractivity contribution in [1.82, 2.24) is 20.4 Å². The van der Waals surface area contributed by atoms with E-state index >= 15 is 0 Å². The topological polar surface area (TPSA) is 108 Å². The number of thioether (sulfide) groups is 1. The molecule has 1 aliphatic rings. The third-order valence-electron chi connectivity index (χ3n) is 7.48. The Morgan fingerprint density at radius 3 is 2.23 bits per heavy atom. The van der Waals surface area contributed by atoms with Gasteiger partial charge in [0, 0.05) is 18.7 Å². The van der Waals surface area contributed by atoms with Gasteiger partial charge in [0.25, 0.3) is 0 Å². The van der Waals surface area contributed by atoms with E-state index in [0.29, 0.717) is 17.7 Å². The zero-order chi connectivity index (χ0) is 30.6. The first kappa shape index (κ1) is 36.0. The molecule has 1 unspecified atom stereocenters. The van der Waals surface area contributed by atoms with E-state index in [1.165, 1.54) is 0 Å². The van der Waals surface area contributed by atoms with Crippen molar-refractivity contribution in [3.05, 3.63) is 11.6 Å². The number of nitrogens with zero attached hydrogens (tertiary/aromatic N) is 2. The van der Waals surface area contributed by atoms with E-state index in [2.05, 4.69) is 29.4 Å². The summed E-state index contributed by atoms with van der Waals surface area (Å²) in [5, 5.41) is 5.87. The van der Waals surface area contributed by atoms with Crippen molar-refractivity contribution in [3.8, 4) is 0 Å². The Hall–Kier alpha value is -2.07. The first-order valence-electron chi connectivity index (χ1n) is 14.7. The van der Waals surface area contributed by atoms with Gasteiger partial charge in [-0.15, -0.1) is 0 Å². The average Bonchev–Trinajstić information content (AvgIpc) is 2.90. The van der Waals surface area contributed by atoms with Crippen LogP contribution in [0.3, 0.4) is 0 Å². The van der Waals surface area contributed by atoms with E-state index in [4.69, 9.17) is 4.74 Å². The molecule has 9 nitrogen and oxygen atoms in total. The van der Waals surface area contributed by atoms with E-state index in [9.17, 15) is 19.2 Å². The van der Waals surface area contributed by atoms with Crippen molar-refractivity contribution in [2.75, 3.05) is 32.2 Å². The Labute approximate surface area is 246 Å². The summed E-state index contributed by atoms with van der Waals surface area (Å²) < 4.78 is 5.14. The summed E-state index contributed by atoms with van der Waals surface area (Å²) >= 11 is 1.59. The van der Waals surface area contributed by atoms with Gasteiger partial charge in [-0.05, 0) is 77.3 Å². The van der Waals surface area contributed by atoms with Crippen LogP contribution in [-0.4, -0.2) is 95.9 Å². The lowest BCUT2D eigenvalue weighted by atomic mass is 9.95. The standard InChI is InChI=1S/C30H54N4O5S/c1-11-39-30(38)23(15-17-40-10)31-27(35)22(8)18-25(19(2)3)33(9)29(37)26(20(4)5)32-28(36)24-14-12-13-16-34(24)21(6)7/h18-21,23-26H,11-17H2,1-10H3,(H,31,35)(H,32,36)/t23-,24?,25+,26-/m0/s1. The lowest BCUT2D eigenvalue weighted by Gasteiger charge is -2.39. The summed E-state index contributed by atoms with van der Waals surface area (Å²) in [4.78, 5) is 56.4. The molecule has 3 amide bonds. The van der Waals surface area contributed by atoms with Gasteiger partial charge in [0.1, 0.15) is 12.1 Å². The van der Waals surface area contributed by atoms with Gasteiger partial charge in [0.2, 0.25) is 17.7 Å². The largest absolute Gasteiger partial charge is 0.464 e. The Balaban J connectivity index is 3.09. The van der Waals surface area contributed by atoms with Crippen LogP contribution in [-0.2, 0) is 23.9 Å². The second-order valence-electron chi connectivity index (χ2n) is 11.7. The van der Waals surface area contributed by atoms with Gasteiger partial charge in [0.05, 0.1) is 18.7 Å². The van der Waals surface area contributed by atoms with Gasteiger partial charge in [0.15, 0.2) is 0 Å². The molecule has 0 aromatic heterocycles. The number of likely N-dealkylation sites (N-methyl/N-ethyl adjacent to an activating group) is 1. The van der Waals surface area contributed by atoms with Gasteiger partial charge in [-0.3, -0.25) is 19.3 Å². The lowest BCUT2D eigenvalue weighted by Crippen LogP contribution is -2.58. The molecular weight excluding hydrogens is 528 g/mol. The van der Waals surface area contributed by atoms with Gasteiger partial charge >= 0.3 is 5.97 Å². The van der Waals surface area contributed by atoms with Crippen molar-refractivity contribution in [2.45, 2.75) is 111 Å². The van der Waals surface area contributed by atoms with Crippen LogP contribution in [0.2, 0.25) is 0 Å². The normalized spacial score (nSPS) is 18.8. The summed E-state index contributed by atoms with van der Waals surface area (Å²) in [5.74, 6) is -0.513. The SMILES string of the molecule is CCOC(=O)[C@H](CCSC)NC(=O)C(C)=C[C@H](C(C)C)N(C)C(=O)[C@@H](NC(=O)C1CCCCN1C(C)C)C(C)C. The zero-order valence-corrected chi connectivity index (χ0v) is 27.2. The number of carbonyl (C=O) groups is 4. The number of hydrogen-bond acceptors (Lipinski definition) is 7. The highest BCUT2D eigenvalue weighted by molar-refractivity contribution is 7.98. The molecule has 0 radical (unpaired) electrons. The summed E-state index contributed by atoms with van der Waals surface area (Å²) in [6.07, 6.45) is 7.04. The lowest BCUT2D eigenvalue weighted by molar-refractivity contribution is -0.147. The molecule has 0 saturated carbocycles. The quantitative estimate of drug-likeness (QED) is 0.224. The minimum absolute atomic E-state index is 0.00679. The number of hydrogen-bond donors (Lipinski definition) is 2. The molecule has 0 aliphatic carbocycles. The van der Waals surface area contributed by atoms with Crippen molar-refractivity contribution >= 4 is 35.5 Å². The van der Waals surface area contributed by atoms with E-state index in [1.54, 1.807) is 43.6 Å². The first-order chi connectivity index (χ1) is 18.8. The number of likely N-dealkylation sites (tertiary alicyclic amines) is 1. The van der Waals surface area contributed by atoms with Gasteiger partial charge in [-0.2, -0.15) is 11.8 Å². The van der Waals surface area contributed by atoms with Crippen LogP contribution in [0.15, 0.2) is 11.6 Å². The van der Waals surface area contributed by atoms with Crippen LogP contribution in [0.1, 0.15) is 81.1 Å². The fraction of sp³-hybridized carbons (Fsp3) is 0.800. The van der Waals surface area contributed by atoms with Crippen LogP contribution < -0.4 is 10.6 Å². The molecule has 0 spiro atoms. The van der Waals surface area contributed by atoms with Crippen LogP contribution in [0.5, 0.6) is 0 Å². The van der Waals surface area contributed by atoms with Crippen LogP contribution >= 0.6 is 11.8 Å². The molecule has 0 aromatic rings. The maximum Gasteiger partial charge on any atom is 0.328 e. The molecule has 1 rings (SSSR count). The molecule has 1 fully saturated rings. The fourth-order valence-corrected chi connectivity index (χ4v) is 5.54. The Morgan fingerprint density at radius 2 is 1.70 bits per heavy atom. The molecule has 1 heterocycles. The summed E-state index contributed by atoms with van der Waals surface area (Å²) in [6.45, 7) is 16.6. The molecule has 230 valence electrons. The molecule has 0 bridgehead atoms. The molecule has 40 heavy (non-hydrogen) atoms. The number of ether oxygens (including phenoxy) is 1. The second kappa shape index (κ2) is 17.7. The second-order valence-corrected chi connectivity index (χ2v) is 12.7. The predicted molar refractivity (Wildman–Crippen MR) is 163 cm³/mol. The molecule has 1 aliphatic heterocycles. The van der Waals surface area contributed by atoms with E-state index in [-0.39, 0.29) is 54.3 Å². The average molecular weight is 583 g/mol. The fourth-order valence-electron chi connectivity index (χ4n) is 5.07. The molecule has 2 N–H and O–H groups in total. The van der Waals surface area contributed by atoms with Crippen molar-refractivity contribution in [2.24, 2.45) is 11.8 Å². The highest BCUT2D eigenvalue weighted by Gasteiger charge is 2.36. The first-order valence-corrected chi connectivity index (χ1v) is 16.1. The van der Waals surface area contributed by atoms with Gasteiger partial charge in [-0.1, -0.05) is 40.2 Å². The van der Waals surface area contributed by atoms with Crippen LogP contribution in [0, 0.1) is 11.8 Å². The third-order valence-corrected chi connectivity index (χ3v) is 8.13. The van der Waals surface area contributed by atoms with Crippen molar-refractivity contribution < 1.29 is 23.9 Å². The monoisotopic (exact) mass is 582 g/mol. The van der Waals surface area contributed by atoms with Crippen molar-refractivity contribution in [3.63, 3.8) is 0 Å².